The van der Waals surface area contributed by atoms with Gasteiger partial charge in [0.05, 0.1) is 27.6 Å². The first-order chi connectivity index (χ1) is 28.6. The van der Waals surface area contributed by atoms with Crippen molar-refractivity contribution < 1.29 is 35.5 Å². The van der Waals surface area contributed by atoms with Crippen molar-refractivity contribution in [2.24, 2.45) is 0 Å². The second-order valence-electron chi connectivity index (χ2n) is 12.7. The Balaban J connectivity index is 0.000000182. The molecule has 0 radical (unpaired) electrons. The van der Waals surface area contributed by atoms with Gasteiger partial charge < -0.3 is 26.8 Å². The topological polar surface area (TPSA) is 173 Å². The molecule has 60 heavy (non-hydrogen) atoms. The number of ether oxygens (including phenoxy) is 1. The molecule has 21 heteroatoms. The molecule has 8 rings (SSSR count). The van der Waals surface area contributed by atoms with Crippen LogP contribution in [0.4, 0.5) is 65.4 Å². The molecule has 13 nitrogen and oxygen atoms in total. The van der Waals surface area contributed by atoms with Gasteiger partial charge in [-0.05, 0) is 79.7 Å². The van der Waals surface area contributed by atoms with Gasteiger partial charge in [-0.25, -0.2) is 14.4 Å². The maximum Gasteiger partial charge on any atom is 0.416 e. The number of nitrogens with two attached hydrogens (primary N) is 2. The molecule has 0 bridgehead atoms. The summed E-state index contributed by atoms with van der Waals surface area (Å²) in [7, 11) is 0. The Morgan fingerprint density at radius 1 is 0.717 bits per heavy atom. The average Bonchev–Trinajstić information content (AvgIpc) is 3.75. The molecule has 0 aliphatic carbocycles. The van der Waals surface area contributed by atoms with Crippen molar-refractivity contribution >= 4 is 68.3 Å². The molecule has 4 heterocycles. The minimum Gasteiger partial charge on any atom is -0.435 e. The van der Waals surface area contributed by atoms with E-state index < -0.39 is 35.8 Å². The zero-order chi connectivity index (χ0) is 42.9. The molecule has 0 spiro atoms. The van der Waals surface area contributed by atoms with Gasteiger partial charge in [0.2, 0.25) is 17.7 Å². The molecule has 0 fully saturated rings. The van der Waals surface area contributed by atoms with Crippen LogP contribution in [-0.4, -0.2) is 45.6 Å². The number of fused-ring (bicyclic) bond motifs is 2. The molecule has 308 valence electrons. The molecule has 0 aliphatic rings. The first-order valence-corrected chi connectivity index (χ1v) is 18.0. The summed E-state index contributed by atoms with van der Waals surface area (Å²) in [4.78, 5) is 25.8. The molecule has 6 N–H and O–H groups in total. The normalized spacial score (nSPS) is 11.5. The van der Waals surface area contributed by atoms with Crippen LogP contribution >= 0.6 is 11.6 Å². The van der Waals surface area contributed by atoms with Crippen molar-refractivity contribution in [3.8, 4) is 17.6 Å². The second-order valence-corrected chi connectivity index (χ2v) is 13.1. The van der Waals surface area contributed by atoms with Crippen LogP contribution in [0.15, 0.2) is 91.0 Å². The van der Waals surface area contributed by atoms with Crippen LogP contribution in [0.5, 0.6) is 5.75 Å². The summed E-state index contributed by atoms with van der Waals surface area (Å²) in [5.41, 5.74) is 14.1. The fourth-order valence-corrected chi connectivity index (χ4v) is 6.10. The molecule has 4 aromatic heterocycles. The fraction of sp³-hybridized carbons (Fsp3) is 0.128. The summed E-state index contributed by atoms with van der Waals surface area (Å²) in [5.74, 6) is -0.467. The standard InChI is InChI=1S/C20H16F4N6O.C19H14ClF3N6/c1-2-15-27-13-8-3-10(21)9-14(13)30(15)20-28-17(25)16(22)18(29-20)26-11-4-6-12(7-5-11)31-19(23)24;1-10-25-13-4-2-3-5-14(13)29(10)18-27-16(24)15(20)17(28-18)26-12-8-6-11(7-9-12)19(21,22)23/h3-9,19H,2H2,1H3,(H3,25,26,28,29);2-9H,1H3,(H3,24,26,27,28). The largest absolute Gasteiger partial charge is 0.435 e. The number of alkyl halides is 5. The van der Waals surface area contributed by atoms with Gasteiger partial charge in [-0.3, -0.25) is 9.13 Å². The zero-order valence-corrected chi connectivity index (χ0v) is 31.9. The second kappa shape index (κ2) is 16.6. The van der Waals surface area contributed by atoms with Gasteiger partial charge in [-0.1, -0.05) is 30.7 Å². The third-order valence-corrected chi connectivity index (χ3v) is 9.05. The number of nitrogen functional groups attached to an aromatic ring is 2. The van der Waals surface area contributed by atoms with E-state index >= 15 is 0 Å². The number of rotatable bonds is 9. The van der Waals surface area contributed by atoms with Crippen LogP contribution in [-0.2, 0) is 12.6 Å². The molecule has 0 unspecified atom stereocenters. The van der Waals surface area contributed by atoms with Gasteiger partial charge in [-0.15, -0.1) is 0 Å². The van der Waals surface area contributed by atoms with Crippen molar-refractivity contribution in [3.05, 3.63) is 125 Å². The maximum atomic E-state index is 14.6. The number of benzene rings is 4. The quantitative estimate of drug-likeness (QED) is 0.102. The van der Waals surface area contributed by atoms with E-state index in [2.05, 4.69) is 45.3 Å². The monoisotopic (exact) mass is 850 g/mol. The van der Waals surface area contributed by atoms with E-state index in [1.165, 1.54) is 59.2 Å². The number of aryl methyl sites for hydroxylation is 2. The Bertz CT molecular complexity index is 2830. The Morgan fingerprint density at radius 3 is 1.98 bits per heavy atom. The highest BCUT2D eigenvalue weighted by atomic mass is 35.5. The van der Waals surface area contributed by atoms with E-state index in [-0.39, 0.29) is 40.1 Å². The molecule has 0 atom stereocenters. The predicted octanol–water partition coefficient (Wildman–Crippen LogP) is 9.71. The number of aromatic nitrogens is 8. The third-order valence-electron chi connectivity index (χ3n) is 8.68. The van der Waals surface area contributed by atoms with Gasteiger partial charge in [-0.2, -0.15) is 46.3 Å². The van der Waals surface area contributed by atoms with Crippen LogP contribution in [0, 0.1) is 18.6 Å². The van der Waals surface area contributed by atoms with E-state index in [1.54, 1.807) is 11.5 Å². The lowest BCUT2D eigenvalue weighted by atomic mass is 10.2. The number of nitrogens with zero attached hydrogens (tertiary/aromatic N) is 8. The lowest BCUT2D eigenvalue weighted by Crippen LogP contribution is -2.11. The number of halogens is 8. The summed E-state index contributed by atoms with van der Waals surface area (Å²) < 4.78 is 98.8. The maximum absolute atomic E-state index is 14.6. The Hall–Kier alpha value is -7.22. The smallest absolute Gasteiger partial charge is 0.416 e. The molecule has 0 saturated heterocycles. The number of hydrogen-bond acceptors (Lipinski definition) is 11. The van der Waals surface area contributed by atoms with E-state index in [9.17, 15) is 30.7 Å². The molecule has 8 aromatic rings. The third kappa shape index (κ3) is 8.63. The first-order valence-electron chi connectivity index (χ1n) is 17.6. The minimum atomic E-state index is -4.41. The van der Waals surface area contributed by atoms with E-state index in [1.807, 2.05) is 31.2 Å². The van der Waals surface area contributed by atoms with Gasteiger partial charge >= 0.3 is 12.8 Å². The SMILES string of the molecule is CCc1nc2ccc(F)cc2n1-c1nc(N)c(F)c(Nc2ccc(OC(F)F)cc2)n1.Cc1nc2ccccc2n1-c1nc(N)c(Cl)c(Nc2ccc(C(F)(F)F)cc2)n1. The van der Waals surface area contributed by atoms with E-state index in [0.717, 1.165) is 23.2 Å². The average molecular weight is 851 g/mol. The zero-order valence-electron chi connectivity index (χ0n) is 31.1. The molecule has 0 amide bonds. The van der Waals surface area contributed by atoms with Crippen molar-refractivity contribution in [2.75, 3.05) is 22.1 Å². The Labute approximate surface area is 339 Å². The lowest BCUT2D eigenvalue weighted by molar-refractivity contribution is -0.137. The number of imidazole rings is 2. The fourth-order valence-electron chi connectivity index (χ4n) is 5.96. The number of nitrogens with one attached hydrogen (secondary N) is 2. The lowest BCUT2D eigenvalue weighted by Gasteiger charge is -2.13. The summed E-state index contributed by atoms with van der Waals surface area (Å²) in [6.07, 6.45) is -3.94. The Kier molecular flexibility index (Phi) is 11.3. The van der Waals surface area contributed by atoms with Crippen LogP contribution < -0.4 is 26.8 Å². The molecule has 0 saturated carbocycles. The molecular weight excluding hydrogens is 821 g/mol. The highest BCUT2D eigenvalue weighted by molar-refractivity contribution is 6.35. The molecule has 0 aliphatic heterocycles. The number of hydrogen-bond donors (Lipinski definition) is 4. The van der Waals surface area contributed by atoms with Crippen molar-refractivity contribution in [3.63, 3.8) is 0 Å². The van der Waals surface area contributed by atoms with Crippen LogP contribution in [0.1, 0.15) is 24.1 Å². The highest BCUT2D eigenvalue weighted by Crippen LogP contribution is 2.33. The van der Waals surface area contributed by atoms with Gasteiger partial charge in [0.25, 0.3) is 0 Å². The van der Waals surface area contributed by atoms with Crippen LogP contribution in [0.25, 0.3) is 34.0 Å². The van der Waals surface area contributed by atoms with E-state index in [4.69, 9.17) is 23.1 Å². The minimum absolute atomic E-state index is 0.00371. The van der Waals surface area contributed by atoms with Crippen LogP contribution in [0.3, 0.4) is 0 Å². The number of anilines is 6. The van der Waals surface area contributed by atoms with Gasteiger partial charge in [0.1, 0.15) is 34.1 Å². The predicted molar refractivity (Wildman–Crippen MR) is 212 cm³/mol. The summed E-state index contributed by atoms with van der Waals surface area (Å²) in [6, 6.07) is 21.5. The first kappa shape index (κ1) is 41.0. The van der Waals surface area contributed by atoms with Gasteiger partial charge in [0.15, 0.2) is 17.5 Å². The Morgan fingerprint density at radius 2 is 1.32 bits per heavy atom. The molecular formula is C39H30ClF7N12O. The summed E-state index contributed by atoms with van der Waals surface area (Å²) in [6.45, 7) is 0.698. The summed E-state index contributed by atoms with van der Waals surface area (Å²) >= 11 is 6.22. The van der Waals surface area contributed by atoms with Crippen molar-refractivity contribution in [2.45, 2.75) is 33.1 Å². The van der Waals surface area contributed by atoms with Gasteiger partial charge in [0, 0.05) is 23.9 Å². The highest BCUT2D eigenvalue weighted by Gasteiger charge is 2.30. The van der Waals surface area contributed by atoms with Crippen molar-refractivity contribution in [1.29, 1.82) is 0 Å². The summed E-state index contributed by atoms with van der Waals surface area (Å²) in [5, 5.41) is 5.70. The van der Waals surface area contributed by atoms with Crippen LogP contribution in [0.2, 0.25) is 5.02 Å². The van der Waals surface area contributed by atoms with E-state index in [0.29, 0.717) is 40.5 Å². The number of para-hydroxylation sites is 2. The molecule has 4 aromatic carbocycles. The van der Waals surface area contributed by atoms with Crippen molar-refractivity contribution in [1.82, 2.24) is 39.0 Å².